The average Bonchev–Trinajstić information content (AvgIpc) is 2.58. The fourth-order valence-corrected chi connectivity index (χ4v) is 2.07. The van der Waals surface area contributed by atoms with Gasteiger partial charge in [-0.2, -0.15) is 0 Å². The molecule has 0 spiro atoms. The molecule has 0 atom stereocenters. The van der Waals surface area contributed by atoms with Gasteiger partial charge in [-0.1, -0.05) is 24.3 Å². The van der Waals surface area contributed by atoms with Crippen LogP contribution in [0.1, 0.15) is 30.1 Å². The Bertz CT molecular complexity index is 499. The summed E-state index contributed by atoms with van der Waals surface area (Å²) < 4.78 is 0. The number of nitrogens with one attached hydrogen (secondary N) is 2. The van der Waals surface area contributed by atoms with Crippen LogP contribution >= 0.6 is 0 Å². The predicted octanol–water partition coefficient (Wildman–Crippen LogP) is 2.28. The number of hydrogen-bond acceptors (Lipinski definition) is 2. The van der Waals surface area contributed by atoms with Crippen molar-refractivity contribution in [3.8, 4) is 0 Å². The van der Waals surface area contributed by atoms with E-state index in [0.717, 1.165) is 31.9 Å². The topological polar surface area (TPSA) is 56.7 Å². The summed E-state index contributed by atoms with van der Waals surface area (Å²) in [5.41, 5.74) is 0.671. The van der Waals surface area contributed by atoms with Crippen LogP contribution in [0.15, 0.2) is 48.0 Å². The monoisotopic (exact) mass is 316 g/mol. The number of hydrogen-bond donors (Lipinski definition) is 2. The highest BCUT2D eigenvalue weighted by Gasteiger charge is 2.05. The number of rotatable bonds is 9. The Morgan fingerprint density at radius 1 is 1.30 bits per heavy atom. The van der Waals surface area contributed by atoms with E-state index in [-0.39, 0.29) is 5.91 Å². The third-order valence-corrected chi connectivity index (χ3v) is 3.29. The summed E-state index contributed by atoms with van der Waals surface area (Å²) in [6.07, 6.45) is 3.98. The minimum absolute atomic E-state index is 0.0647. The summed E-state index contributed by atoms with van der Waals surface area (Å²) >= 11 is 0. The molecule has 2 N–H and O–H groups in total. The van der Waals surface area contributed by atoms with Gasteiger partial charge in [0.25, 0.3) is 5.91 Å². The molecular formula is C18H28N4O. The molecule has 5 nitrogen and oxygen atoms in total. The molecule has 0 bridgehead atoms. The number of carbonyl (C=O) groups excluding carboxylic acids is 1. The number of carbonyl (C=O) groups is 1. The first-order chi connectivity index (χ1) is 11.2. The van der Waals surface area contributed by atoms with Gasteiger partial charge in [-0.25, -0.2) is 0 Å². The van der Waals surface area contributed by atoms with Crippen LogP contribution in [-0.2, 0) is 0 Å². The van der Waals surface area contributed by atoms with Crippen molar-refractivity contribution in [1.82, 2.24) is 15.5 Å². The van der Waals surface area contributed by atoms with E-state index < -0.39 is 0 Å². The summed E-state index contributed by atoms with van der Waals surface area (Å²) in [5.74, 6) is 0.802. The van der Waals surface area contributed by atoms with Gasteiger partial charge in [0.2, 0.25) is 0 Å². The van der Waals surface area contributed by atoms with Gasteiger partial charge in [-0.05, 0) is 31.9 Å². The lowest BCUT2D eigenvalue weighted by atomic mass is 10.2. The van der Waals surface area contributed by atoms with E-state index in [1.807, 2.05) is 38.2 Å². The first-order valence-electron chi connectivity index (χ1n) is 8.12. The molecule has 126 valence electrons. The third kappa shape index (κ3) is 7.49. The lowest BCUT2D eigenvalue weighted by Gasteiger charge is -2.21. The highest BCUT2D eigenvalue weighted by atomic mass is 16.1. The van der Waals surface area contributed by atoms with E-state index in [1.165, 1.54) is 0 Å². The van der Waals surface area contributed by atoms with Crippen molar-refractivity contribution in [3.05, 3.63) is 48.6 Å². The minimum Gasteiger partial charge on any atom is -0.357 e. The maximum atomic E-state index is 11.9. The van der Waals surface area contributed by atoms with Crippen LogP contribution in [-0.4, -0.2) is 50.0 Å². The number of benzene rings is 1. The molecule has 0 radical (unpaired) electrons. The molecule has 0 aliphatic heterocycles. The number of amides is 1. The Kier molecular flexibility index (Phi) is 9.20. The van der Waals surface area contributed by atoms with Crippen LogP contribution in [0.3, 0.4) is 0 Å². The number of aliphatic imine (C=N–C) groups is 1. The van der Waals surface area contributed by atoms with E-state index in [9.17, 15) is 4.79 Å². The summed E-state index contributed by atoms with van der Waals surface area (Å²) in [6.45, 7) is 8.59. The normalized spacial score (nSPS) is 11.0. The maximum Gasteiger partial charge on any atom is 0.251 e. The Labute approximate surface area is 139 Å². The quantitative estimate of drug-likeness (QED) is 0.318. The first kappa shape index (κ1) is 18.7. The molecule has 0 saturated heterocycles. The van der Waals surface area contributed by atoms with Gasteiger partial charge >= 0.3 is 0 Å². The van der Waals surface area contributed by atoms with Gasteiger partial charge in [0.15, 0.2) is 5.96 Å². The summed E-state index contributed by atoms with van der Waals surface area (Å²) in [5, 5.41) is 6.15. The van der Waals surface area contributed by atoms with Crippen molar-refractivity contribution in [2.75, 3.05) is 33.2 Å². The largest absolute Gasteiger partial charge is 0.357 e. The van der Waals surface area contributed by atoms with Crippen molar-refractivity contribution < 1.29 is 4.79 Å². The van der Waals surface area contributed by atoms with E-state index in [0.29, 0.717) is 18.7 Å². The Hall–Kier alpha value is -2.30. The van der Waals surface area contributed by atoms with Gasteiger partial charge in [-0.3, -0.25) is 9.79 Å². The SMILES string of the molecule is C=CCCCN(C)C(=NCCNC(=O)c1ccccc1)NCC. The number of nitrogens with zero attached hydrogens (tertiary/aromatic N) is 2. The first-order valence-corrected chi connectivity index (χ1v) is 8.12. The highest BCUT2D eigenvalue weighted by molar-refractivity contribution is 5.94. The van der Waals surface area contributed by atoms with Crippen molar-refractivity contribution in [2.24, 2.45) is 4.99 Å². The fraction of sp³-hybridized carbons (Fsp3) is 0.444. The molecule has 0 aromatic heterocycles. The second-order valence-electron chi connectivity index (χ2n) is 5.21. The molecule has 0 aliphatic rings. The second-order valence-corrected chi connectivity index (χ2v) is 5.21. The fourth-order valence-electron chi connectivity index (χ4n) is 2.07. The Balaban J connectivity index is 2.41. The predicted molar refractivity (Wildman–Crippen MR) is 96.8 cm³/mol. The van der Waals surface area contributed by atoms with Crippen LogP contribution in [0.5, 0.6) is 0 Å². The lowest BCUT2D eigenvalue weighted by molar-refractivity contribution is 0.0955. The molecular weight excluding hydrogens is 288 g/mol. The highest BCUT2D eigenvalue weighted by Crippen LogP contribution is 1.97. The van der Waals surface area contributed by atoms with Crippen LogP contribution < -0.4 is 10.6 Å². The molecule has 23 heavy (non-hydrogen) atoms. The van der Waals surface area contributed by atoms with E-state index in [2.05, 4.69) is 27.1 Å². The summed E-state index contributed by atoms with van der Waals surface area (Å²) in [4.78, 5) is 18.6. The molecule has 0 fully saturated rings. The Morgan fingerprint density at radius 2 is 2.04 bits per heavy atom. The van der Waals surface area contributed by atoms with Gasteiger partial charge in [0, 0.05) is 32.2 Å². The lowest BCUT2D eigenvalue weighted by Crippen LogP contribution is -2.40. The van der Waals surface area contributed by atoms with Crippen molar-refractivity contribution in [1.29, 1.82) is 0 Å². The molecule has 1 aromatic rings. The molecule has 0 unspecified atom stereocenters. The van der Waals surface area contributed by atoms with Crippen LogP contribution in [0.4, 0.5) is 0 Å². The smallest absolute Gasteiger partial charge is 0.251 e. The van der Waals surface area contributed by atoms with Crippen molar-refractivity contribution in [2.45, 2.75) is 19.8 Å². The van der Waals surface area contributed by atoms with Gasteiger partial charge in [0.05, 0.1) is 6.54 Å². The average molecular weight is 316 g/mol. The number of unbranched alkanes of at least 4 members (excludes halogenated alkanes) is 1. The van der Waals surface area contributed by atoms with Crippen molar-refractivity contribution >= 4 is 11.9 Å². The van der Waals surface area contributed by atoms with Crippen LogP contribution in [0.25, 0.3) is 0 Å². The molecule has 0 heterocycles. The Morgan fingerprint density at radius 3 is 2.70 bits per heavy atom. The maximum absolute atomic E-state index is 11.9. The number of allylic oxidation sites excluding steroid dienone is 1. The van der Waals surface area contributed by atoms with Crippen molar-refractivity contribution in [3.63, 3.8) is 0 Å². The zero-order valence-corrected chi connectivity index (χ0v) is 14.2. The van der Waals surface area contributed by atoms with E-state index in [1.54, 1.807) is 12.1 Å². The zero-order chi connectivity index (χ0) is 16.9. The molecule has 1 aromatic carbocycles. The molecule has 0 saturated carbocycles. The molecule has 5 heteroatoms. The minimum atomic E-state index is -0.0647. The summed E-state index contributed by atoms with van der Waals surface area (Å²) in [6, 6.07) is 9.21. The van der Waals surface area contributed by atoms with Gasteiger partial charge < -0.3 is 15.5 Å². The number of guanidine groups is 1. The molecule has 0 aliphatic carbocycles. The standard InChI is InChI=1S/C18H28N4O/c1-4-6-10-15-22(3)18(19-5-2)21-14-13-20-17(23)16-11-8-7-9-12-16/h4,7-9,11-12H,1,5-6,10,13-15H2,2-3H3,(H,19,21)(H,20,23). The summed E-state index contributed by atoms with van der Waals surface area (Å²) in [7, 11) is 2.02. The van der Waals surface area contributed by atoms with Gasteiger partial charge in [0.1, 0.15) is 0 Å². The molecule has 1 amide bonds. The van der Waals surface area contributed by atoms with Gasteiger partial charge in [-0.15, -0.1) is 6.58 Å². The third-order valence-electron chi connectivity index (χ3n) is 3.29. The van der Waals surface area contributed by atoms with Crippen LogP contribution in [0, 0.1) is 0 Å². The van der Waals surface area contributed by atoms with E-state index >= 15 is 0 Å². The second kappa shape index (κ2) is 11.3. The zero-order valence-electron chi connectivity index (χ0n) is 14.2. The molecule has 1 rings (SSSR count). The van der Waals surface area contributed by atoms with Crippen LogP contribution in [0.2, 0.25) is 0 Å². The van der Waals surface area contributed by atoms with E-state index in [4.69, 9.17) is 0 Å².